The molecule has 78 valence electrons. The second-order valence-corrected chi connectivity index (χ2v) is 4.99. The number of fused-ring (bicyclic) bond motifs is 1. The largest absolute Gasteiger partial charge is 0.254 e. The number of aromatic nitrogens is 1. The fraction of sp³-hybridized carbons (Fsp3) is 0.100. The zero-order valence-corrected chi connectivity index (χ0v) is 10.4. The Bertz CT molecular complexity index is 505. The summed E-state index contributed by atoms with van der Waals surface area (Å²) in [5, 5.41) is 1.94. The van der Waals surface area contributed by atoms with E-state index in [1.54, 1.807) is 24.4 Å². The van der Waals surface area contributed by atoms with Gasteiger partial charge in [0.15, 0.2) is 0 Å². The van der Waals surface area contributed by atoms with Crippen LogP contribution in [0.5, 0.6) is 0 Å². The summed E-state index contributed by atoms with van der Waals surface area (Å²) in [5.41, 5.74) is 1.41. The van der Waals surface area contributed by atoms with Crippen molar-refractivity contribution in [3.63, 3.8) is 0 Å². The third-order valence-electron chi connectivity index (χ3n) is 1.98. The molecule has 0 aliphatic heterocycles. The van der Waals surface area contributed by atoms with Crippen LogP contribution in [0.2, 0.25) is 10.0 Å². The predicted molar refractivity (Wildman–Crippen MR) is 66.2 cm³/mol. The van der Waals surface area contributed by atoms with Crippen LogP contribution in [0.25, 0.3) is 10.9 Å². The van der Waals surface area contributed by atoms with E-state index in [9.17, 15) is 0 Å². The predicted octanol–water partition coefficient (Wildman–Crippen LogP) is 5.02. The van der Waals surface area contributed by atoms with Crippen molar-refractivity contribution in [1.29, 1.82) is 0 Å². The van der Waals surface area contributed by atoms with Gasteiger partial charge in [-0.05, 0) is 18.2 Å². The van der Waals surface area contributed by atoms with E-state index in [-0.39, 0.29) is 0 Å². The monoisotopic (exact) mass is 279 g/mol. The molecule has 0 bridgehead atoms. The fourth-order valence-corrected chi connectivity index (χ4v) is 2.11. The molecule has 0 amide bonds. The highest BCUT2D eigenvalue weighted by atomic mass is 35.5. The molecule has 0 aliphatic carbocycles. The number of hydrogen-bond acceptors (Lipinski definition) is 1. The molecular formula is C10H5Cl4N. The van der Waals surface area contributed by atoms with E-state index in [2.05, 4.69) is 4.98 Å². The van der Waals surface area contributed by atoms with Gasteiger partial charge >= 0.3 is 0 Å². The molecule has 0 saturated carbocycles. The fourth-order valence-electron chi connectivity index (χ4n) is 1.38. The average molecular weight is 281 g/mol. The van der Waals surface area contributed by atoms with Gasteiger partial charge in [0.2, 0.25) is 0 Å². The number of halogens is 4. The summed E-state index contributed by atoms with van der Waals surface area (Å²) in [5.74, 6) is 0. The Morgan fingerprint density at radius 3 is 2.33 bits per heavy atom. The molecule has 0 spiro atoms. The highest BCUT2D eigenvalue weighted by Gasteiger charge is 2.11. The van der Waals surface area contributed by atoms with Crippen molar-refractivity contribution >= 4 is 57.3 Å². The van der Waals surface area contributed by atoms with Crippen LogP contribution >= 0.6 is 46.4 Å². The van der Waals surface area contributed by atoms with Gasteiger partial charge in [0.1, 0.15) is 4.84 Å². The second kappa shape index (κ2) is 4.34. The minimum atomic E-state index is -0.653. The van der Waals surface area contributed by atoms with Crippen LogP contribution in [0.3, 0.4) is 0 Å². The molecule has 0 unspecified atom stereocenters. The summed E-state index contributed by atoms with van der Waals surface area (Å²) < 4.78 is 0. The van der Waals surface area contributed by atoms with Crippen LogP contribution in [0, 0.1) is 0 Å². The van der Waals surface area contributed by atoms with Gasteiger partial charge in [0, 0.05) is 22.2 Å². The lowest BCUT2D eigenvalue weighted by molar-refractivity contribution is 1.31. The molecule has 0 N–H and O–H groups in total. The minimum Gasteiger partial charge on any atom is -0.254 e. The van der Waals surface area contributed by atoms with Crippen molar-refractivity contribution < 1.29 is 0 Å². The van der Waals surface area contributed by atoms with E-state index >= 15 is 0 Å². The van der Waals surface area contributed by atoms with Gasteiger partial charge in [-0.3, -0.25) is 4.98 Å². The van der Waals surface area contributed by atoms with E-state index in [4.69, 9.17) is 46.4 Å². The average Bonchev–Trinajstić information content (AvgIpc) is 2.15. The van der Waals surface area contributed by atoms with Crippen molar-refractivity contribution in [1.82, 2.24) is 4.98 Å². The highest BCUT2D eigenvalue weighted by Crippen LogP contribution is 2.33. The standard InChI is InChI=1S/C10H5Cl4N/c11-6-1-5-2-7(12)4-15-9(5)8(3-6)10(13)14/h1-4,10H. The van der Waals surface area contributed by atoms with Crippen molar-refractivity contribution in [2.75, 3.05) is 0 Å². The maximum atomic E-state index is 5.93. The van der Waals surface area contributed by atoms with Gasteiger partial charge in [-0.2, -0.15) is 0 Å². The Morgan fingerprint density at radius 1 is 1.00 bits per heavy atom. The third kappa shape index (κ3) is 2.31. The van der Waals surface area contributed by atoms with Gasteiger partial charge < -0.3 is 0 Å². The van der Waals surface area contributed by atoms with Crippen LogP contribution < -0.4 is 0 Å². The SMILES string of the molecule is Clc1cnc2c(C(Cl)Cl)cc(Cl)cc2c1. The lowest BCUT2D eigenvalue weighted by Gasteiger charge is -2.07. The molecule has 0 atom stereocenters. The summed E-state index contributed by atoms with van der Waals surface area (Å²) >= 11 is 23.4. The van der Waals surface area contributed by atoms with Crippen molar-refractivity contribution in [2.24, 2.45) is 0 Å². The maximum absolute atomic E-state index is 5.93. The quantitative estimate of drug-likeness (QED) is 0.669. The first kappa shape index (κ1) is 11.3. The molecule has 1 aromatic carbocycles. The van der Waals surface area contributed by atoms with Crippen LogP contribution in [-0.2, 0) is 0 Å². The number of nitrogens with zero attached hydrogens (tertiary/aromatic N) is 1. The molecule has 2 rings (SSSR count). The van der Waals surface area contributed by atoms with Crippen molar-refractivity contribution in [3.8, 4) is 0 Å². The summed E-state index contributed by atoms with van der Waals surface area (Å²) in [4.78, 5) is 3.53. The first-order valence-electron chi connectivity index (χ1n) is 4.11. The summed E-state index contributed by atoms with van der Waals surface area (Å²) in [6.07, 6.45) is 1.55. The number of benzene rings is 1. The third-order valence-corrected chi connectivity index (χ3v) is 2.87. The van der Waals surface area contributed by atoms with E-state index in [0.29, 0.717) is 15.6 Å². The van der Waals surface area contributed by atoms with Crippen molar-refractivity contribution in [2.45, 2.75) is 4.84 Å². The molecule has 2 aromatic rings. The molecular weight excluding hydrogens is 276 g/mol. The molecule has 0 fully saturated rings. The molecule has 1 nitrogen and oxygen atoms in total. The van der Waals surface area contributed by atoms with Crippen LogP contribution in [0.15, 0.2) is 24.4 Å². The van der Waals surface area contributed by atoms with Crippen molar-refractivity contribution in [3.05, 3.63) is 40.0 Å². The lowest BCUT2D eigenvalue weighted by atomic mass is 10.1. The van der Waals surface area contributed by atoms with E-state index in [1.165, 1.54) is 0 Å². The summed E-state index contributed by atoms with van der Waals surface area (Å²) in [7, 11) is 0. The maximum Gasteiger partial charge on any atom is 0.134 e. The Balaban J connectivity index is 2.80. The number of hydrogen-bond donors (Lipinski definition) is 0. The first-order chi connectivity index (χ1) is 7.08. The Hall–Kier alpha value is -0.210. The van der Waals surface area contributed by atoms with Gasteiger partial charge in [-0.1, -0.05) is 46.4 Å². The Labute approximate surface area is 107 Å². The Morgan fingerprint density at radius 2 is 1.67 bits per heavy atom. The molecule has 0 saturated heterocycles. The number of pyridine rings is 1. The highest BCUT2D eigenvalue weighted by molar-refractivity contribution is 6.45. The first-order valence-corrected chi connectivity index (χ1v) is 5.73. The Kier molecular flexibility index (Phi) is 3.27. The summed E-state index contributed by atoms with van der Waals surface area (Å²) in [6.45, 7) is 0. The summed E-state index contributed by atoms with van der Waals surface area (Å²) in [6, 6.07) is 5.25. The minimum absolute atomic E-state index is 0.552. The molecule has 1 heterocycles. The molecule has 0 radical (unpaired) electrons. The van der Waals surface area contributed by atoms with Gasteiger partial charge in [-0.15, -0.1) is 0 Å². The zero-order chi connectivity index (χ0) is 11.0. The molecule has 0 aliphatic rings. The molecule has 5 heteroatoms. The normalized spacial score (nSPS) is 11.3. The smallest absolute Gasteiger partial charge is 0.134 e. The van der Waals surface area contributed by atoms with E-state index in [0.717, 1.165) is 10.9 Å². The topological polar surface area (TPSA) is 12.9 Å². The van der Waals surface area contributed by atoms with Gasteiger partial charge in [0.05, 0.1) is 10.5 Å². The lowest BCUT2D eigenvalue weighted by Crippen LogP contribution is -1.88. The second-order valence-electron chi connectivity index (χ2n) is 3.02. The van der Waals surface area contributed by atoms with Crippen LogP contribution in [0.4, 0.5) is 0 Å². The zero-order valence-electron chi connectivity index (χ0n) is 7.35. The van der Waals surface area contributed by atoms with Gasteiger partial charge in [0.25, 0.3) is 0 Å². The van der Waals surface area contributed by atoms with E-state index in [1.807, 2.05) is 0 Å². The van der Waals surface area contributed by atoms with Gasteiger partial charge in [-0.25, -0.2) is 0 Å². The van der Waals surface area contributed by atoms with Crippen LogP contribution in [-0.4, -0.2) is 4.98 Å². The van der Waals surface area contributed by atoms with Crippen LogP contribution in [0.1, 0.15) is 10.4 Å². The molecule has 1 aromatic heterocycles. The number of rotatable bonds is 1. The number of alkyl halides is 2. The van der Waals surface area contributed by atoms with E-state index < -0.39 is 4.84 Å². The molecule has 15 heavy (non-hydrogen) atoms.